The Kier molecular flexibility index (Phi) is 3.67. The third-order valence-corrected chi connectivity index (χ3v) is 2.96. The zero-order chi connectivity index (χ0) is 14.9. The van der Waals surface area contributed by atoms with Crippen LogP contribution < -0.4 is 0 Å². The maximum atomic E-state index is 13.1. The van der Waals surface area contributed by atoms with E-state index >= 15 is 0 Å². The fourth-order valence-electron chi connectivity index (χ4n) is 1.74. The molecule has 0 aliphatic carbocycles. The summed E-state index contributed by atoms with van der Waals surface area (Å²) in [6, 6.07) is 7.16. The molecule has 0 radical (unpaired) electrons. The molecule has 0 aliphatic rings. The third kappa shape index (κ3) is 2.60. The number of carbonyl (C=O) groups is 1. The van der Waals surface area contributed by atoms with Gasteiger partial charge in [0.25, 0.3) is 5.69 Å². The average molecular weight is 296 g/mol. The number of nitro groups is 1. The highest BCUT2D eigenvalue weighted by Gasteiger charge is 2.17. The predicted molar refractivity (Wildman–Crippen MR) is 70.5 cm³/mol. The van der Waals surface area contributed by atoms with Crippen molar-refractivity contribution in [2.45, 2.75) is 0 Å². The van der Waals surface area contributed by atoms with Gasteiger partial charge in [0, 0.05) is 12.1 Å². The summed E-state index contributed by atoms with van der Waals surface area (Å²) in [4.78, 5) is 21.2. The first-order valence-corrected chi connectivity index (χ1v) is 5.75. The molecule has 1 N–H and O–H groups in total. The van der Waals surface area contributed by atoms with Crippen molar-refractivity contribution >= 4 is 23.3 Å². The van der Waals surface area contributed by atoms with E-state index in [1.165, 1.54) is 24.3 Å². The minimum atomic E-state index is -1.32. The monoisotopic (exact) mass is 295 g/mol. The highest BCUT2D eigenvalue weighted by atomic mass is 35.5. The van der Waals surface area contributed by atoms with E-state index in [1.54, 1.807) is 0 Å². The lowest BCUT2D eigenvalue weighted by Crippen LogP contribution is -2.01. The van der Waals surface area contributed by atoms with Gasteiger partial charge >= 0.3 is 5.97 Å². The molecule has 0 atom stereocenters. The SMILES string of the molecule is O=C(O)c1cc([N+](=O)[O-])ccc1-c1ccc(F)c(Cl)c1. The second-order valence-electron chi connectivity index (χ2n) is 3.92. The maximum absolute atomic E-state index is 13.1. The average Bonchev–Trinajstić information content (AvgIpc) is 2.41. The standard InChI is InChI=1S/C13H7ClFNO4/c14-11-5-7(1-4-12(11)15)9-3-2-8(16(19)20)6-10(9)13(17)18/h1-6H,(H,17,18). The van der Waals surface area contributed by atoms with Crippen LogP contribution in [0.3, 0.4) is 0 Å². The zero-order valence-electron chi connectivity index (χ0n) is 9.84. The highest BCUT2D eigenvalue weighted by Crippen LogP contribution is 2.30. The first-order valence-electron chi connectivity index (χ1n) is 5.37. The molecule has 20 heavy (non-hydrogen) atoms. The van der Waals surface area contributed by atoms with E-state index in [1.807, 2.05) is 0 Å². The molecule has 0 bridgehead atoms. The summed E-state index contributed by atoms with van der Waals surface area (Å²) in [5.41, 5.74) is 0.00920. The molecule has 0 spiro atoms. The number of halogens is 2. The molecule has 0 aliphatic heterocycles. The first-order chi connectivity index (χ1) is 9.40. The van der Waals surface area contributed by atoms with Crippen LogP contribution in [0.5, 0.6) is 0 Å². The van der Waals surface area contributed by atoms with Gasteiger partial charge in [0.15, 0.2) is 0 Å². The van der Waals surface area contributed by atoms with Gasteiger partial charge in [0.1, 0.15) is 5.82 Å². The van der Waals surface area contributed by atoms with Crippen molar-refractivity contribution in [2.24, 2.45) is 0 Å². The smallest absolute Gasteiger partial charge is 0.336 e. The van der Waals surface area contributed by atoms with E-state index in [9.17, 15) is 19.3 Å². The summed E-state index contributed by atoms with van der Waals surface area (Å²) in [5, 5.41) is 19.6. The number of hydrogen-bond acceptors (Lipinski definition) is 3. The number of nitro benzene ring substituents is 1. The summed E-state index contributed by atoms with van der Waals surface area (Å²) in [5.74, 6) is -1.95. The number of non-ortho nitro benzene ring substituents is 1. The van der Waals surface area contributed by atoms with Gasteiger partial charge < -0.3 is 5.11 Å². The number of nitrogens with zero attached hydrogens (tertiary/aromatic N) is 1. The van der Waals surface area contributed by atoms with Gasteiger partial charge in [-0.3, -0.25) is 10.1 Å². The van der Waals surface area contributed by atoms with Crippen molar-refractivity contribution in [1.29, 1.82) is 0 Å². The van der Waals surface area contributed by atoms with Crippen molar-refractivity contribution in [3.8, 4) is 11.1 Å². The van der Waals surface area contributed by atoms with Gasteiger partial charge in [-0.2, -0.15) is 0 Å². The number of benzene rings is 2. The van der Waals surface area contributed by atoms with Crippen LogP contribution in [0.1, 0.15) is 10.4 Å². The molecular weight excluding hydrogens is 289 g/mol. The Balaban J connectivity index is 2.63. The normalized spacial score (nSPS) is 10.3. The van der Waals surface area contributed by atoms with E-state index in [0.717, 1.165) is 12.1 Å². The quantitative estimate of drug-likeness (QED) is 0.690. The zero-order valence-corrected chi connectivity index (χ0v) is 10.6. The van der Waals surface area contributed by atoms with Crippen LogP contribution in [0.4, 0.5) is 10.1 Å². The minimum Gasteiger partial charge on any atom is -0.478 e. The van der Waals surface area contributed by atoms with Gasteiger partial charge in [-0.15, -0.1) is 0 Å². The predicted octanol–water partition coefficient (Wildman–Crippen LogP) is 3.75. The van der Waals surface area contributed by atoms with E-state index in [2.05, 4.69) is 0 Å². The van der Waals surface area contributed by atoms with Crippen molar-refractivity contribution in [2.75, 3.05) is 0 Å². The van der Waals surface area contributed by atoms with E-state index in [-0.39, 0.29) is 21.8 Å². The number of aromatic carboxylic acids is 1. The summed E-state index contributed by atoms with van der Waals surface area (Å²) in [7, 11) is 0. The summed E-state index contributed by atoms with van der Waals surface area (Å²) in [6.45, 7) is 0. The lowest BCUT2D eigenvalue weighted by Gasteiger charge is -2.07. The number of carboxylic acid groups (broad SMARTS) is 1. The van der Waals surface area contributed by atoms with Gasteiger partial charge in [-0.05, 0) is 29.3 Å². The Labute approximate surface area is 117 Å². The lowest BCUT2D eigenvalue weighted by molar-refractivity contribution is -0.384. The second-order valence-corrected chi connectivity index (χ2v) is 4.33. The molecule has 0 aromatic heterocycles. The summed E-state index contributed by atoms with van der Waals surface area (Å²) < 4.78 is 13.1. The van der Waals surface area contributed by atoms with Crippen molar-refractivity contribution < 1.29 is 19.2 Å². The summed E-state index contributed by atoms with van der Waals surface area (Å²) >= 11 is 5.65. The lowest BCUT2D eigenvalue weighted by atomic mass is 9.99. The van der Waals surface area contributed by atoms with Crippen LogP contribution in [0, 0.1) is 15.9 Å². The van der Waals surface area contributed by atoms with Gasteiger partial charge in [-0.25, -0.2) is 9.18 Å². The molecule has 2 rings (SSSR count). The first kappa shape index (κ1) is 14.0. The Morgan fingerprint density at radius 2 is 1.95 bits per heavy atom. The molecule has 0 unspecified atom stereocenters. The topological polar surface area (TPSA) is 80.4 Å². The molecule has 0 heterocycles. The molecular formula is C13H7ClFNO4. The molecule has 0 fully saturated rings. The van der Waals surface area contributed by atoms with E-state index in [0.29, 0.717) is 5.56 Å². The minimum absolute atomic E-state index is 0.155. The molecule has 0 saturated carbocycles. The summed E-state index contributed by atoms with van der Waals surface area (Å²) in [6.07, 6.45) is 0. The Hall–Kier alpha value is -2.47. The fraction of sp³-hybridized carbons (Fsp3) is 0. The van der Waals surface area contributed by atoms with E-state index < -0.39 is 16.7 Å². The molecule has 2 aromatic carbocycles. The highest BCUT2D eigenvalue weighted by molar-refractivity contribution is 6.31. The van der Waals surface area contributed by atoms with Gasteiger partial charge in [0.05, 0.1) is 15.5 Å². The largest absolute Gasteiger partial charge is 0.478 e. The van der Waals surface area contributed by atoms with Gasteiger partial charge in [0.2, 0.25) is 0 Å². The van der Waals surface area contributed by atoms with Crippen LogP contribution in [0.15, 0.2) is 36.4 Å². The van der Waals surface area contributed by atoms with E-state index in [4.69, 9.17) is 16.7 Å². The molecule has 102 valence electrons. The van der Waals surface area contributed by atoms with Crippen LogP contribution in [-0.2, 0) is 0 Å². The number of carboxylic acids is 1. The molecule has 2 aromatic rings. The molecule has 0 saturated heterocycles. The molecule has 0 amide bonds. The third-order valence-electron chi connectivity index (χ3n) is 2.67. The maximum Gasteiger partial charge on any atom is 0.336 e. The molecule has 7 heteroatoms. The van der Waals surface area contributed by atoms with Crippen molar-refractivity contribution in [3.05, 3.63) is 62.9 Å². The Morgan fingerprint density at radius 1 is 1.25 bits per heavy atom. The van der Waals surface area contributed by atoms with Crippen LogP contribution >= 0.6 is 11.6 Å². The van der Waals surface area contributed by atoms with Crippen LogP contribution in [0.25, 0.3) is 11.1 Å². The van der Waals surface area contributed by atoms with Crippen LogP contribution in [-0.4, -0.2) is 16.0 Å². The van der Waals surface area contributed by atoms with Gasteiger partial charge in [-0.1, -0.05) is 17.7 Å². The Bertz CT molecular complexity index is 718. The van der Waals surface area contributed by atoms with Crippen molar-refractivity contribution in [3.63, 3.8) is 0 Å². The number of rotatable bonds is 3. The second kappa shape index (κ2) is 5.26. The van der Waals surface area contributed by atoms with Crippen LogP contribution in [0.2, 0.25) is 5.02 Å². The molecule has 5 nitrogen and oxygen atoms in total. The fourth-order valence-corrected chi connectivity index (χ4v) is 1.92. The Morgan fingerprint density at radius 3 is 2.50 bits per heavy atom. The number of hydrogen-bond donors (Lipinski definition) is 1. The van der Waals surface area contributed by atoms with Crippen molar-refractivity contribution in [1.82, 2.24) is 0 Å².